The molecule has 8 aromatic carbocycles. The fourth-order valence-electron chi connectivity index (χ4n) is 22.2. The normalized spacial score (nSPS) is 12.4. The molecule has 1 aliphatic heterocycles. The third-order valence-electron chi connectivity index (χ3n) is 31.5. The van der Waals surface area contributed by atoms with Gasteiger partial charge in [-0.3, -0.25) is 0 Å². The summed E-state index contributed by atoms with van der Waals surface area (Å²) in [5.41, 5.74) is 0. The first kappa shape index (κ1) is 124. The quantitative estimate of drug-likeness (QED) is 0.0267. The summed E-state index contributed by atoms with van der Waals surface area (Å²) >= 11 is 0. The van der Waals surface area contributed by atoms with E-state index in [-0.39, 0.29) is 26.4 Å². The molecule has 0 fully saturated rings. The number of fused-ring (bicyclic) bond motifs is 14. The van der Waals surface area contributed by atoms with Crippen molar-refractivity contribution in [1.29, 1.82) is 0 Å². The zero-order chi connectivity index (χ0) is 104. The topological polar surface area (TPSA) is 111 Å². The second-order valence-electron chi connectivity index (χ2n) is 44.7. The first-order valence-corrected chi connectivity index (χ1v) is 64.0. The minimum atomic E-state index is 0.239. The maximum Gasteiger partial charge on any atom is 0.162 e. The highest BCUT2D eigenvalue weighted by molar-refractivity contribution is 6.28. The van der Waals surface area contributed by atoms with Gasteiger partial charge in [-0.2, -0.15) is 0 Å². The van der Waals surface area contributed by atoms with Crippen molar-refractivity contribution in [3.8, 4) is 69.0 Å². The molecule has 12 nitrogen and oxygen atoms in total. The van der Waals surface area contributed by atoms with Crippen LogP contribution in [0.1, 0.15) is 569 Å². The number of ether oxygens (including phenoxy) is 12. The van der Waals surface area contributed by atoms with Gasteiger partial charge in [0.05, 0.1) is 52.9 Å². The van der Waals surface area contributed by atoms with E-state index in [9.17, 15) is 0 Å². The Hall–Kier alpha value is -7.08. The predicted octanol–water partition coefficient (Wildman–Crippen LogP) is 44.2. The van der Waals surface area contributed by atoms with Crippen LogP contribution in [0, 0.1) is 0 Å². The van der Waals surface area contributed by atoms with E-state index in [0.29, 0.717) is 75.9 Å². The van der Waals surface area contributed by atoms with Gasteiger partial charge in [0.1, 0.15) is 26.4 Å². The Morgan fingerprint density at radius 1 is 0.122 bits per heavy atom. The molecule has 9 rings (SSSR count). The fraction of sp³-hybridized carbons (Fsp3) is 0.735. The molecule has 1 aliphatic rings. The summed E-state index contributed by atoms with van der Waals surface area (Å²) in [4.78, 5) is 0. The molecular weight excluding hydrogens is 1830 g/mol. The van der Waals surface area contributed by atoms with Crippen LogP contribution < -0.4 is 56.8 Å². The molecule has 0 aromatic heterocycles. The maximum absolute atomic E-state index is 7.18. The lowest BCUT2D eigenvalue weighted by Crippen LogP contribution is -2.15. The first-order chi connectivity index (χ1) is 73.4. The Labute approximate surface area is 905 Å². The Morgan fingerprint density at radius 3 is 0.311 bits per heavy atom. The van der Waals surface area contributed by atoms with Crippen LogP contribution in [0.3, 0.4) is 0 Å². The molecule has 0 saturated carbocycles. The number of benzene rings is 8. The third-order valence-corrected chi connectivity index (χ3v) is 31.5. The molecule has 1 heterocycles. The predicted molar refractivity (Wildman–Crippen MR) is 639 cm³/mol. The highest BCUT2D eigenvalue weighted by atomic mass is 16.6. The van der Waals surface area contributed by atoms with E-state index in [0.717, 1.165) is 213 Å². The molecule has 0 saturated heterocycles. The minimum absolute atomic E-state index is 0.239. The SMILES string of the molecule is CCCCCCCCCCCCOc1cc2c3cc(OCCCCCCCCCCCC)c(OCCCCCCCCCCCC)cc3c3cc4c(cc3c2cc1OCCCCCCCCCCCC)OCCOc1cc2c3cc(OCCCCCCCCCCCC)c(OCCCCCCCCCCCC)cc3c3cc(OCCCCCCCCCCCC)c(OCCCCCCCCCCCC)cc3c2cc1OCCO4. The molecule has 0 spiro atoms. The van der Waals surface area contributed by atoms with E-state index >= 15 is 0 Å². The number of hydrogen-bond donors (Lipinski definition) is 0. The summed E-state index contributed by atoms with van der Waals surface area (Å²) in [5, 5.41) is 12.7. The third kappa shape index (κ3) is 49.6. The van der Waals surface area contributed by atoms with Crippen LogP contribution in [0.5, 0.6) is 69.0 Å². The summed E-state index contributed by atoms with van der Waals surface area (Å²) in [5.74, 6) is 8.92. The lowest BCUT2D eigenvalue weighted by molar-refractivity contribution is 0.172. The van der Waals surface area contributed by atoms with Crippen LogP contribution in [0.15, 0.2) is 72.8 Å². The highest BCUT2D eigenvalue weighted by Crippen LogP contribution is 2.51. The van der Waals surface area contributed by atoms with E-state index < -0.39 is 0 Å². The fourth-order valence-corrected chi connectivity index (χ4v) is 22.2. The van der Waals surface area contributed by atoms with Gasteiger partial charge in [-0.1, -0.05) is 518 Å². The van der Waals surface area contributed by atoms with Crippen LogP contribution in [-0.2, 0) is 0 Å². The van der Waals surface area contributed by atoms with Crippen molar-refractivity contribution in [3.63, 3.8) is 0 Å². The van der Waals surface area contributed by atoms with Crippen molar-refractivity contribution in [2.24, 2.45) is 0 Å². The van der Waals surface area contributed by atoms with Crippen molar-refractivity contribution < 1.29 is 56.8 Å². The Balaban J connectivity index is 1.12. The Kier molecular flexibility index (Phi) is 69.3. The molecule has 0 radical (unpaired) electrons. The van der Waals surface area contributed by atoms with Crippen LogP contribution in [0.2, 0.25) is 0 Å². The number of rotatable bonds is 96. The van der Waals surface area contributed by atoms with E-state index in [1.54, 1.807) is 0 Å². The monoisotopic (exact) mass is 2050 g/mol. The molecule has 0 atom stereocenters. The van der Waals surface area contributed by atoms with Crippen molar-refractivity contribution >= 4 is 64.6 Å². The van der Waals surface area contributed by atoms with Crippen molar-refractivity contribution in [2.45, 2.75) is 569 Å². The number of unbranched alkanes of at least 4 members (excludes halogenated alkanes) is 72. The molecule has 0 amide bonds. The zero-order valence-electron chi connectivity index (χ0n) is 96.9. The van der Waals surface area contributed by atoms with Gasteiger partial charge in [-0.25, -0.2) is 0 Å². The van der Waals surface area contributed by atoms with E-state index in [2.05, 4.69) is 128 Å². The maximum atomic E-state index is 7.18. The van der Waals surface area contributed by atoms with Gasteiger partial charge in [0.2, 0.25) is 0 Å². The molecule has 0 N–H and O–H groups in total. The van der Waals surface area contributed by atoms with Crippen LogP contribution in [-0.4, -0.2) is 79.3 Å². The van der Waals surface area contributed by atoms with Gasteiger partial charge in [0.15, 0.2) is 69.0 Å². The smallest absolute Gasteiger partial charge is 0.162 e. The van der Waals surface area contributed by atoms with E-state index in [1.807, 2.05) is 0 Å². The molecule has 148 heavy (non-hydrogen) atoms. The van der Waals surface area contributed by atoms with E-state index in [1.165, 1.54) is 411 Å². The van der Waals surface area contributed by atoms with Crippen molar-refractivity contribution in [2.75, 3.05) is 79.3 Å². The van der Waals surface area contributed by atoms with Gasteiger partial charge in [0, 0.05) is 0 Å². The molecule has 12 heteroatoms. The van der Waals surface area contributed by atoms with E-state index in [4.69, 9.17) is 56.8 Å². The lowest BCUT2D eigenvalue weighted by atomic mass is 9.93. The second kappa shape index (κ2) is 82.5. The molecule has 0 aliphatic carbocycles. The highest BCUT2D eigenvalue weighted by Gasteiger charge is 2.26. The summed E-state index contributed by atoms with van der Waals surface area (Å²) in [7, 11) is 0. The van der Waals surface area contributed by atoms with Gasteiger partial charge >= 0.3 is 0 Å². The number of hydrogen-bond acceptors (Lipinski definition) is 12. The Bertz CT molecular complexity index is 4080. The van der Waals surface area contributed by atoms with Crippen LogP contribution in [0.4, 0.5) is 0 Å². The molecule has 0 unspecified atom stereocenters. The van der Waals surface area contributed by atoms with Gasteiger partial charge in [-0.05, 0) is 189 Å². The van der Waals surface area contributed by atoms with Crippen molar-refractivity contribution in [1.82, 2.24) is 0 Å². The molecule has 0 bridgehead atoms. The largest absolute Gasteiger partial charge is 0.490 e. The Morgan fingerprint density at radius 2 is 0.209 bits per heavy atom. The van der Waals surface area contributed by atoms with Crippen LogP contribution in [0.25, 0.3) is 64.6 Å². The zero-order valence-corrected chi connectivity index (χ0v) is 96.9. The van der Waals surface area contributed by atoms with Gasteiger partial charge in [-0.15, -0.1) is 0 Å². The standard InChI is InChI=1S/C136H220O12/c1-9-17-25-33-41-49-57-65-73-81-89-137-125-101-113-114-102-126(138-90-82-74-66-58-50-42-34-26-18-10-2)130(142-94-86-78-70-62-54-46-38-30-22-14-6)106-118(114)122-110-134-133(109-121(122)117(113)105-129(125)141-93-85-77-69-61-53-45-37-29-21-13-5)145-97-98-147-135-111-123-119-107-131(143-95-87-79-71-63-55-47-39-31-23-15-7)127(139-91-83-75-67-59-51-43-35-27-19-11-3)103-115(119)116-104-128(140-92-84-76-68-60-52-44-36-28-20-12-4)132(108-120(116)124(123)112-136(135)148-100-99-146-134)144-96-88-80-72-64-56-48-40-32-24-16-8/h101-112H,9-100H2,1-8H3. The van der Waals surface area contributed by atoms with Crippen molar-refractivity contribution in [3.05, 3.63) is 72.8 Å². The molecular formula is C136H220O12. The second-order valence-corrected chi connectivity index (χ2v) is 44.7. The van der Waals surface area contributed by atoms with Gasteiger partial charge < -0.3 is 56.8 Å². The molecule has 836 valence electrons. The summed E-state index contributed by atoms with van der Waals surface area (Å²) < 4.78 is 85.6. The van der Waals surface area contributed by atoms with Crippen LogP contribution >= 0.6 is 0 Å². The summed E-state index contributed by atoms with van der Waals surface area (Å²) in [6.45, 7) is 24.4. The average molecular weight is 2050 g/mol. The first-order valence-electron chi connectivity index (χ1n) is 64.0. The summed E-state index contributed by atoms with van der Waals surface area (Å²) in [6.07, 6.45) is 101. The van der Waals surface area contributed by atoms with Gasteiger partial charge in [0.25, 0.3) is 0 Å². The summed E-state index contributed by atoms with van der Waals surface area (Å²) in [6, 6.07) is 27.2. The molecule has 8 aromatic rings. The minimum Gasteiger partial charge on any atom is -0.490 e. The lowest BCUT2D eigenvalue weighted by Gasteiger charge is -2.22. The average Bonchev–Trinajstić information content (AvgIpc) is 0.728.